The molecule has 0 atom stereocenters. The molecule has 0 aliphatic heterocycles. The fraction of sp³-hybridized carbons (Fsp3) is 0.0357. The highest BCUT2D eigenvalue weighted by atomic mass is 15.0. The van der Waals surface area contributed by atoms with E-state index in [1.165, 1.54) is 32.8 Å². The summed E-state index contributed by atoms with van der Waals surface area (Å²) in [7, 11) is 0. The van der Waals surface area contributed by atoms with Gasteiger partial charge in [0.25, 0.3) is 0 Å². The molecule has 0 aliphatic rings. The monoisotopic (exact) mass is 384 g/mol. The fourth-order valence-corrected chi connectivity index (χ4v) is 4.47. The summed E-state index contributed by atoms with van der Waals surface area (Å²) in [6, 6.07) is 36.4. The molecule has 2 heteroatoms. The molecule has 0 unspecified atom stereocenters. The molecule has 2 nitrogen and oxygen atoms in total. The summed E-state index contributed by atoms with van der Waals surface area (Å²) < 4.78 is 2.34. The molecule has 0 bridgehead atoms. The Morgan fingerprint density at radius 3 is 2.03 bits per heavy atom. The van der Waals surface area contributed by atoms with E-state index in [1.54, 1.807) is 0 Å². The van der Waals surface area contributed by atoms with Crippen LogP contribution >= 0.6 is 0 Å². The Labute approximate surface area is 175 Å². The number of para-hydroxylation sites is 1. The van der Waals surface area contributed by atoms with Crippen LogP contribution in [0.2, 0.25) is 0 Å². The highest BCUT2D eigenvalue weighted by molar-refractivity contribution is 6.13. The smallest absolute Gasteiger partial charge is 0.146 e. The number of aromatic nitrogens is 2. The highest BCUT2D eigenvalue weighted by Gasteiger charge is 2.20. The summed E-state index contributed by atoms with van der Waals surface area (Å²) in [5, 5.41) is 3.68. The number of aryl methyl sites for hydroxylation is 1. The molecule has 0 N–H and O–H groups in total. The molecule has 0 spiro atoms. The Balaban J connectivity index is 1.89. The van der Waals surface area contributed by atoms with Crippen LogP contribution in [0.1, 0.15) is 5.56 Å². The average Bonchev–Trinajstić information content (AvgIpc) is 3.21. The lowest BCUT2D eigenvalue weighted by molar-refractivity contribution is 1.27. The standard InChI is InChI=1S/C28H20N2/c1-19-16-17-23-24(18-19)22-14-8-9-15-25(22)30-27(21-12-6-3-7-13-21)26(29-28(23)30)20-10-4-2-5-11-20/h2-18H,1H3. The summed E-state index contributed by atoms with van der Waals surface area (Å²) in [6.45, 7) is 2.15. The molecule has 142 valence electrons. The van der Waals surface area contributed by atoms with Crippen molar-refractivity contribution in [1.82, 2.24) is 9.38 Å². The average molecular weight is 384 g/mol. The molecule has 0 saturated heterocycles. The summed E-state index contributed by atoms with van der Waals surface area (Å²) in [5.74, 6) is 0. The van der Waals surface area contributed by atoms with Gasteiger partial charge in [0, 0.05) is 21.9 Å². The lowest BCUT2D eigenvalue weighted by Crippen LogP contribution is -1.94. The van der Waals surface area contributed by atoms with Crippen molar-refractivity contribution in [2.24, 2.45) is 0 Å². The third-order valence-electron chi connectivity index (χ3n) is 5.82. The number of nitrogens with zero attached hydrogens (tertiary/aromatic N) is 2. The van der Waals surface area contributed by atoms with Crippen molar-refractivity contribution < 1.29 is 0 Å². The SMILES string of the molecule is Cc1ccc2c(c1)c1ccccc1n1c(-c3ccccc3)c(-c3ccccc3)nc21. The van der Waals surface area contributed by atoms with Gasteiger partial charge in [-0.15, -0.1) is 0 Å². The quantitative estimate of drug-likeness (QED) is 0.287. The summed E-state index contributed by atoms with van der Waals surface area (Å²) >= 11 is 0. The van der Waals surface area contributed by atoms with Crippen molar-refractivity contribution in [1.29, 1.82) is 0 Å². The summed E-state index contributed by atoms with van der Waals surface area (Å²) in [6.07, 6.45) is 0. The van der Waals surface area contributed by atoms with Gasteiger partial charge in [-0.05, 0) is 18.4 Å². The van der Waals surface area contributed by atoms with Crippen molar-refractivity contribution >= 4 is 27.3 Å². The molecule has 0 saturated carbocycles. The van der Waals surface area contributed by atoms with Gasteiger partial charge in [0.05, 0.1) is 16.9 Å². The minimum absolute atomic E-state index is 1.00. The molecule has 2 heterocycles. The predicted molar refractivity (Wildman–Crippen MR) is 126 cm³/mol. The molecular weight excluding hydrogens is 364 g/mol. The molecule has 4 aromatic carbocycles. The predicted octanol–water partition coefficient (Wildman–Crippen LogP) is 7.28. The maximum Gasteiger partial charge on any atom is 0.146 e. The van der Waals surface area contributed by atoms with Gasteiger partial charge in [0.2, 0.25) is 0 Å². The van der Waals surface area contributed by atoms with Crippen LogP contribution in [0.5, 0.6) is 0 Å². The van der Waals surface area contributed by atoms with Crippen molar-refractivity contribution in [3.8, 4) is 22.5 Å². The van der Waals surface area contributed by atoms with E-state index in [1.807, 2.05) is 0 Å². The Morgan fingerprint density at radius 2 is 1.27 bits per heavy atom. The molecular formula is C28H20N2. The van der Waals surface area contributed by atoms with E-state index < -0.39 is 0 Å². The fourth-order valence-electron chi connectivity index (χ4n) is 4.47. The molecule has 6 aromatic rings. The molecule has 0 aliphatic carbocycles. The maximum atomic E-state index is 5.23. The maximum absolute atomic E-state index is 5.23. The third kappa shape index (κ3) is 2.47. The van der Waals surface area contributed by atoms with Gasteiger partial charge < -0.3 is 0 Å². The second-order valence-corrected chi connectivity index (χ2v) is 7.77. The van der Waals surface area contributed by atoms with E-state index in [0.717, 1.165) is 22.6 Å². The molecule has 0 radical (unpaired) electrons. The van der Waals surface area contributed by atoms with Crippen LogP contribution in [-0.4, -0.2) is 9.38 Å². The Morgan fingerprint density at radius 1 is 0.600 bits per heavy atom. The molecule has 6 rings (SSSR count). The van der Waals surface area contributed by atoms with Crippen LogP contribution in [0.25, 0.3) is 49.8 Å². The largest absolute Gasteiger partial charge is 0.291 e. The molecule has 30 heavy (non-hydrogen) atoms. The van der Waals surface area contributed by atoms with Gasteiger partial charge in [0.15, 0.2) is 0 Å². The first-order valence-corrected chi connectivity index (χ1v) is 10.3. The first-order chi connectivity index (χ1) is 14.8. The summed E-state index contributed by atoms with van der Waals surface area (Å²) in [4.78, 5) is 5.23. The lowest BCUT2D eigenvalue weighted by Gasteiger charge is -2.12. The van der Waals surface area contributed by atoms with Crippen molar-refractivity contribution in [2.45, 2.75) is 6.92 Å². The zero-order valence-electron chi connectivity index (χ0n) is 16.7. The van der Waals surface area contributed by atoms with Crippen molar-refractivity contribution in [3.05, 3.63) is 109 Å². The number of hydrogen-bond donors (Lipinski definition) is 0. The van der Waals surface area contributed by atoms with Gasteiger partial charge in [0.1, 0.15) is 5.65 Å². The van der Waals surface area contributed by atoms with Crippen LogP contribution < -0.4 is 0 Å². The van der Waals surface area contributed by atoms with Crippen molar-refractivity contribution in [3.63, 3.8) is 0 Å². The lowest BCUT2D eigenvalue weighted by atomic mass is 10.0. The van der Waals surface area contributed by atoms with Gasteiger partial charge in [-0.2, -0.15) is 0 Å². The van der Waals surface area contributed by atoms with Crippen LogP contribution in [-0.2, 0) is 0 Å². The molecule has 0 amide bonds. The zero-order valence-corrected chi connectivity index (χ0v) is 16.7. The number of benzene rings is 4. The Hall–Kier alpha value is -3.91. The zero-order chi connectivity index (χ0) is 20.1. The van der Waals surface area contributed by atoms with E-state index in [-0.39, 0.29) is 0 Å². The van der Waals surface area contributed by atoms with Crippen LogP contribution in [0.4, 0.5) is 0 Å². The van der Waals surface area contributed by atoms with Crippen LogP contribution in [0, 0.1) is 6.92 Å². The van der Waals surface area contributed by atoms with E-state index >= 15 is 0 Å². The Bertz CT molecular complexity index is 1530. The van der Waals surface area contributed by atoms with Crippen molar-refractivity contribution in [2.75, 3.05) is 0 Å². The van der Waals surface area contributed by atoms with Crippen LogP contribution in [0.3, 0.4) is 0 Å². The van der Waals surface area contributed by atoms with Gasteiger partial charge in [-0.3, -0.25) is 4.40 Å². The topological polar surface area (TPSA) is 17.3 Å². The van der Waals surface area contributed by atoms with Gasteiger partial charge in [-0.1, -0.05) is 103 Å². The minimum atomic E-state index is 1.00. The van der Waals surface area contributed by atoms with E-state index in [9.17, 15) is 0 Å². The number of rotatable bonds is 2. The first-order valence-electron chi connectivity index (χ1n) is 10.3. The Kier molecular flexibility index (Phi) is 3.72. The molecule has 2 aromatic heterocycles. The second-order valence-electron chi connectivity index (χ2n) is 7.77. The number of pyridine rings is 1. The highest BCUT2D eigenvalue weighted by Crippen LogP contribution is 2.38. The van der Waals surface area contributed by atoms with Crippen LogP contribution in [0.15, 0.2) is 103 Å². The van der Waals surface area contributed by atoms with E-state index in [0.29, 0.717) is 0 Å². The number of fused-ring (bicyclic) bond motifs is 6. The minimum Gasteiger partial charge on any atom is -0.291 e. The second kappa shape index (κ2) is 6.57. The van der Waals surface area contributed by atoms with Gasteiger partial charge >= 0.3 is 0 Å². The normalized spacial score (nSPS) is 11.5. The third-order valence-corrected chi connectivity index (χ3v) is 5.82. The van der Waals surface area contributed by atoms with Gasteiger partial charge in [-0.25, -0.2) is 4.98 Å². The first kappa shape index (κ1) is 17.0. The summed E-state index contributed by atoms with van der Waals surface area (Å²) in [5.41, 5.74) is 7.89. The van der Waals surface area contributed by atoms with E-state index in [4.69, 9.17) is 4.98 Å². The van der Waals surface area contributed by atoms with E-state index in [2.05, 4.69) is 114 Å². The molecule has 0 fully saturated rings. The number of hydrogen-bond acceptors (Lipinski definition) is 1. The number of imidazole rings is 1.